The first-order valence-corrected chi connectivity index (χ1v) is 9.89. The first-order valence-electron chi connectivity index (χ1n) is 9.89. The van der Waals surface area contributed by atoms with E-state index in [0.717, 1.165) is 5.82 Å². The summed E-state index contributed by atoms with van der Waals surface area (Å²) < 4.78 is 0. The summed E-state index contributed by atoms with van der Waals surface area (Å²) in [4.78, 5) is 9.77. The molecule has 2 aromatic carbocycles. The van der Waals surface area contributed by atoms with Crippen molar-refractivity contribution in [2.75, 3.05) is 9.80 Å². The molecule has 0 N–H and O–H groups in total. The summed E-state index contributed by atoms with van der Waals surface area (Å²) in [7, 11) is 0. The van der Waals surface area contributed by atoms with Gasteiger partial charge in [-0.05, 0) is 42.3 Å². The normalized spacial score (nSPS) is 29.1. The Morgan fingerprint density at radius 1 is 0.857 bits per heavy atom. The van der Waals surface area contributed by atoms with Crippen LogP contribution in [0.3, 0.4) is 0 Å². The second-order valence-electron chi connectivity index (χ2n) is 8.57. The molecule has 1 fully saturated rings. The Morgan fingerprint density at radius 2 is 1.54 bits per heavy atom. The molecule has 1 aromatic heterocycles. The largest absolute Gasteiger partial charge is 0.316 e. The minimum Gasteiger partial charge on any atom is -0.316 e. The van der Waals surface area contributed by atoms with Crippen LogP contribution in [0.1, 0.15) is 25.0 Å². The lowest BCUT2D eigenvalue weighted by Gasteiger charge is -2.44. The maximum absolute atomic E-state index is 4.83. The minimum atomic E-state index is -0.0513. The number of rotatable bonds is 1. The zero-order chi connectivity index (χ0) is 19.3. The third-order valence-corrected chi connectivity index (χ3v) is 7.54. The Balaban J connectivity index is 1.70. The molecule has 6 rings (SSSR count). The molecule has 1 aliphatic carbocycles. The highest BCUT2D eigenvalue weighted by Gasteiger charge is 2.76. The molecule has 138 valence electrons. The van der Waals surface area contributed by atoms with Gasteiger partial charge in [-0.15, -0.1) is 0 Å². The average Bonchev–Trinajstić information content (AvgIpc) is 3.02. The fraction of sp³-hybridized carbons (Fsp3) is 0.240. The molecule has 0 amide bonds. The van der Waals surface area contributed by atoms with Gasteiger partial charge in [0, 0.05) is 28.4 Å². The van der Waals surface area contributed by atoms with Crippen LogP contribution in [0, 0.1) is 12.3 Å². The summed E-state index contributed by atoms with van der Waals surface area (Å²) in [5, 5.41) is 0. The van der Waals surface area contributed by atoms with E-state index in [1.807, 2.05) is 12.3 Å². The number of anilines is 4. The van der Waals surface area contributed by atoms with E-state index in [1.54, 1.807) is 0 Å². The third-order valence-electron chi connectivity index (χ3n) is 7.54. The predicted octanol–water partition coefficient (Wildman–Crippen LogP) is 5.85. The van der Waals surface area contributed by atoms with E-state index < -0.39 is 0 Å². The van der Waals surface area contributed by atoms with Gasteiger partial charge in [0.25, 0.3) is 0 Å². The minimum absolute atomic E-state index is 0.0201. The maximum Gasteiger partial charge on any atom is 0.158 e. The van der Waals surface area contributed by atoms with Crippen LogP contribution in [0.25, 0.3) is 0 Å². The number of pyridine rings is 1. The van der Waals surface area contributed by atoms with Crippen molar-refractivity contribution in [2.24, 2.45) is 5.41 Å². The quantitative estimate of drug-likeness (QED) is 0.504. The zero-order valence-electron chi connectivity index (χ0n) is 16.5. The Hall–Kier alpha value is -3.07. The van der Waals surface area contributed by atoms with Gasteiger partial charge in [0.1, 0.15) is 6.17 Å². The fourth-order valence-electron chi connectivity index (χ4n) is 5.75. The Kier molecular flexibility index (Phi) is 2.76. The molecule has 3 heteroatoms. The van der Waals surface area contributed by atoms with Gasteiger partial charge in [0.2, 0.25) is 0 Å². The number of nitrogens with zero attached hydrogens (tertiary/aromatic N) is 3. The highest BCUT2D eigenvalue weighted by molar-refractivity contribution is 5.92. The van der Waals surface area contributed by atoms with Gasteiger partial charge in [-0.3, -0.25) is 0 Å². The molecule has 2 aliphatic heterocycles. The lowest BCUT2D eigenvalue weighted by Crippen LogP contribution is -2.50. The smallest absolute Gasteiger partial charge is 0.158 e. The van der Waals surface area contributed by atoms with Crippen LogP contribution in [0.15, 0.2) is 79.0 Å². The monoisotopic (exact) mass is 365 g/mol. The molecular weight excluding hydrogens is 342 g/mol. The molecule has 3 nitrogen and oxygen atoms in total. The Bertz CT molecular complexity index is 1170. The lowest BCUT2D eigenvalue weighted by atomic mass is 9.81. The van der Waals surface area contributed by atoms with Gasteiger partial charge in [-0.2, -0.15) is 0 Å². The zero-order valence-corrected chi connectivity index (χ0v) is 16.5. The van der Waals surface area contributed by atoms with Gasteiger partial charge in [0.15, 0.2) is 5.82 Å². The number of hydrogen-bond acceptors (Lipinski definition) is 3. The molecule has 0 saturated heterocycles. The van der Waals surface area contributed by atoms with Gasteiger partial charge >= 0.3 is 0 Å². The van der Waals surface area contributed by atoms with Crippen molar-refractivity contribution < 1.29 is 0 Å². The summed E-state index contributed by atoms with van der Waals surface area (Å²) in [6, 6.07) is 21.7. The average molecular weight is 365 g/mol. The van der Waals surface area contributed by atoms with E-state index >= 15 is 0 Å². The highest BCUT2D eigenvalue weighted by Crippen LogP contribution is 2.77. The van der Waals surface area contributed by atoms with Gasteiger partial charge in [-0.1, -0.05) is 62.4 Å². The van der Waals surface area contributed by atoms with E-state index in [1.165, 1.54) is 33.8 Å². The number of para-hydroxylation sites is 2. The summed E-state index contributed by atoms with van der Waals surface area (Å²) in [5.41, 5.74) is 7.54. The molecule has 28 heavy (non-hydrogen) atoms. The molecule has 0 spiro atoms. The van der Waals surface area contributed by atoms with E-state index in [-0.39, 0.29) is 17.0 Å². The van der Waals surface area contributed by atoms with E-state index in [2.05, 4.69) is 91.7 Å². The summed E-state index contributed by atoms with van der Waals surface area (Å²) in [5.74, 6) is 1.03. The highest BCUT2D eigenvalue weighted by atomic mass is 15.5. The van der Waals surface area contributed by atoms with Crippen LogP contribution in [0.4, 0.5) is 22.9 Å². The number of aromatic nitrogens is 1. The van der Waals surface area contributed by atoms with Crippen molar-refractivity contribution >= 4 is 22.9 Å². The summed E-state index contributed by atoms with van der Waals surface area (Å²) in [6.07, 6.45) is 2.03. The first kappa shape index (κ1) is 15.9. The molecule has 3 heterocycles. The molecule has 3 unspecified atom stereocenters. The number of hydrogen-bond donors (Lipinski definition) is 0. The second kappa shape index (κ2) is 4.85. The molecule has 1 saturated carbocycles. The van der Waals surface area contributed by atoms with E-state index in [0.29, 0.717) is 0 Å². The Labute approximate surface area is 165 Å². The van der Waals surface area contributed by atoms with Crippen molar-refractivity contribution in [2.45, 2.75) is 32.4 Å². The van der Waals surface area contributed by atoms with Crippen LogP contribution in [-0.4, -0.2) is 11.1 Å². The van der Waals surface area contributed by atoms with Crippen LogP contribution < -0.4 is 9.80 Å². The first-order chi connectivity index (χ1) is 13.5. The van der Waals surface area contributed by atoms with Crippen LogP contribution >= 0.6 is 0 Å². The molecule has 0 radical (unpaired) electrons. The van der Waals surface area contributed by atoms with Crippen LogP contribution in [0.5, 0.6) is 0 Å². The van der Waals surface area contributed by atoms with Crippen molar-refractivity contribution in [3.05, 3.63) is 90.1 Å². The van der Waals surface area contributed by atoms with Gasteiger partial charge in [0.05, 0.1) is 5.69 Å². The molecule has 3 aromatic rings. The summed E-state index contributed by atoms with van der Waals surface area (Å²) >= 11 is 0. The van der Waals surface area contributed by atoms with Crippen molar-refractivity contribution in [3.63, 3.8) is 0 Å². The van der Waals surface area contributed by atoms with E-state index in [9.17, 15) is 0 Å². The predicted molar refractivity (Wildman–Crippen MR) is 115 cm³/mol. The molecule has 3 atom stereocenters. The SMILES string of the molecule is C=C1C2(C)c3ccccc3N3c4ncccc4N(c4ccccc4C)C3C12C. The lowest BCUT2D eigenvalue weighted by molar-refractivity contribution is 0.376. The topological polar surface area (TPSA) is 19.4 Å². The van der Waals surface area contributed by atoms with Crippen LogP contribution in [0.2, 0.25) is 0 Å². The molecular formula is C25H23N3. The summed E-state index contributed by atoms with van der Waals surface area (Å²) in [6.45, 7) is 11.5. The number of fused-ring (bicyclic) bond motifs is 8. The third kappa shape index (κ3) is 1.53. The van der Waals surface area contributed by atoms with Crippen molar-refractivity contribution in [1.29, 1.82) is 0 Å². The van der Waals surface area contributed by atoms with Crippen molar-refractivity contribution in [3.8, 4) is 0 Å². The number of benzene rings is 2. The second-order valence-corrected chi connectivity index (χ2v) is 8.57. The maximum atomic E-state index is 4.83. The van der Waals surface area contributed by atoms with Gasteiger partial charge < -0.3 is 9.80 Å². The fourth-order valence-corrected chi connectivity index (χ4v) is 5.75. The number of aryl methyl sites for hydroxylation is 1. The van der Waals surface area contributed by atoms with E-state index in [4.69, 9.17) is 4.98 Å². The standard InChI is InChI=1S/C25H23N3/c1-16-10-5-7-12-19(16)27-21-14-9-15-26-22(21)28-20-13-8-6-11-18(20)24(3)17(2)25(24,4)23(27)28/h5-15,23H,2H2,1,3-4H3. The molecule has 3 aliphatic rings. The van der Waals surface area contributed by atoms with Crippen LogP contribution in [-0.2, 0) is 5.41 Å². The Morgan fingerprint density at radius 3 is 2.32 bits per heavy atom. The molecule has 0 bridgehead atoms. The van der Waals surface area contributed by atoms with Gasteiger partial charge in [-0.25, -0.2) is 4.98 Å². The van der Waals surface area contributed by atoms with Crippen molar-refractivity contribution in [1.82, 2.24) is 4.98 Å².